The number of imidazole rings is 1. The molecule has 2 N–H and O–H groups in total. The van der Waals surface area contributed by atoms with Crippen molar-refractivity contribution >= 4 is 5.95 Å². The number of aromatic amines is 1. The number of rotatable bonds is 8. The van der Waals surface area contributed by atoms with Crippen LogP contribution in [0.15, 0.2) is 42.9 Å². The number of benzene rings is 1. The molecule has 7 heteroatoms. The number of nitrogens with zero attached hydrogens (tertiary/aromatic N) is 4. The van der Waals surface area contributed by atoms with Gasteiger partial charge >= 0.3 is 0 Å². The van der Waals surface area contributed by atoms with Crippen molar-refractivity contribution in [3.05, 3.63) is 42.9 Å². The predicted molar refractivity (Wildman–Crippen MR) is 115 cm³/mol. The van der Waals surface area contributed by atoms with Crippen LogP contribution in [0.2, 0.25) is 0 Å². The average Bonchev–Trinajstić information content (AvgIpc) is 3.32. The average molecular weight is 393 g/mol. The first kappa shape index (κ1) is 19.4. The quantitative estimate of drug-likeness (QED) is 0.567. The summed E-state index contributed by atoms with van der Waals surface area (Å²) < 4.78 is 5.28. The van der Waals surface area contributed by atoms with Crippen molar-refractivity contribution in [1.82, 2.24) is 24.8 Å². The van der Waals surface area contributed by atoms with Gasteiger partial charge in [0.05, 0.1) is 18.4 Å². The monoisotopic (exact) mass is 392 g/mol. The van der Waals surface area contributed by atoms with E-state index in [1.165, 1.54) is 32.4 Å². The number of hydrogen-bond donors (Lipinski definition) is 2. The van der Waals surface area contributed by atoms with Crippen molar-refractivity contribution in [1.29, 1.82) is 0 Å². The maximum atomic E-state index is 5.28. The van der Waals surface area contributed by atoms with Crippen molar-refractivity contribution in [2.24, 2.45) is 0 Å². The number of likely N-dealkylation sites (tertiary alicyclic amines) is 1. The molecular formula is C22H28N6O. The van der Waals surface area contributed by atoms with E-state index in [1.54, 1.807) is 19.5 Å². The number of hydrogen-bond acceptors (Lipinski definition) is 6. The van der Waals surface area contributed by atoms with Gasteiger partial charge in [0.2, 0.25) is 5.95 Å². The molecule has 0 spiro atoms. The molecule has 1 fully saturated rings. The molecule has 152 valence electrons. The van der Waals surface area contributed by atoms with Crippen molar-refractivity contribution in [3.63, 3.8) is 0 Å². The molecule has 0 bridgehead atoms. The lowest BCUT2D eigenvalue weighted by atomic mass is 10.1. The number of piperidine rings is 1. The lowest BCUT2D eigenvalue weighted by molar-refractivity contribution is 0.228. The fourth-order valence-corrected chi connectivity index (χ4v) is 3.71. The number of H-pyrrole nitrogens is 1. The zero-order valence-corrected chi connectivity index (χ0v) is 16.9. The van der Waals surface area contributed by atoms with E-state index >= 15 is 0 Å². The first-order valence-electron chi connectivity index (χ1n) is 10.3. The molecule has 0 aliphatic carbocycles. The third-order valence-electron chi connectivity index (χ3n) is 5.29. The molecule has 0 amide bonds. The van der Waals surface area contributed by atoms with E-state index in [9.17, 15) is 0 Å². The van der Waals surface area contributed by atoms with Crippen LogP contribution >= 0.6 is 0 Å². The van der Waals surface area contributed by atoms with Crippen molar-refractivity contribution < 1.29 is 4.74 Å². The normalized spacial score (nSPS) is 14.7. The van der Waals surface area contributed by atoms with Gasteiger partial charge in [-0.2, -0.15) is 0 Å². The molecule has 0 atom stereocenters. The molecule has 29 heavy (non-hydrogen) atoms. The summed E-state index contributed by atoms with van der Waals surface area (Å²) >= 11 is 0. The van der Waals surface area contributed by atoms with Gasteiger partial charge in [-0.25, -0.2) is 15.0 Å². The summed E-state index contributed by atoms with van der Waals surface area (Å²) in [6.07, 6.45) is 10.5. The van der Waals surface area contributed by atoms with Crippen LogP contribution in [0.5, 0.6) is 5.75 Å². The van der Waals surface area contributed by atoms with Crippen LogP contribution in [0.1, 0.15) is 25.7 Å². The van der Waals surface area contributed by atoms with Crippen molar-refractivity contribution in [2.45, 2.75) is 25.7 Å². The van der Waals surface area contributed by atoms with Crippen molar-refractivity contribution in [2.75, 3.05) is 38.6 Å². The summed E-state index contributed by atoms with van der Waals surface area (Å²) in [7, 11) is 1.67. The minimum Gasteiger partial charge on any atom is -0.497 e. The smallest absolute Gasteiger partial charge is 0.223 e. The van der Waals surface area contributed by atoms with Gasteiger partial charge in [0.25, 0.3) is 0 Å². The minimum absolute atomic E-state index is 0.643. The Bertz CT molecular complexity index is 888. The molecule has 3 heterocycles. The van der Waals surface area contributed by atoms with E-state index in [-0.39, 0.29) is 0 Å². The number of methoxy groups -OCH3 is 1. The van der Waals surface area contributed by atoms with Gasteiger partial charge < -0.3 is 19.9 Å². The Hall–Kier alpha value is -2.93. The Kier molecular flexibility index (Phi) is 6.36. The molecule has 1 aliphatic heterocycles. The second kappa shape index (κ2) is 9.52. The minimum atomic E-state index is 0.643. The van der Waals surface area contributed by atoms with Crippen LogP contribution < -0.4 is 10.1 Å². The van der Waals surface area contributed by atoms with Gasteiger partial charge in [-0.1, -0.05) is 6.42 Å². The third-order valence-corrected chi connectivity index (χ3v) is 5.29. The molecule has 2 aromatic heterocycles. The van der Waals surface area contributed by atoms with Gasteiger partial charge in [-0.15, -0.1) is 0 Å². The maximum absolute atomic E-state index is 5.28. The second-order valence-electron chi connectivity index (χ2n) is 7.30. The van der Waals surface area contributed by atoms with Gasteiger partial charge in [-0.05, 0) is 63.2 Å². The highest BCUT2D eigenvalue weighted by Crippen LogP contribution is 2.30. The fourth-order valence-electron chi connectivity index (χ4n) is 3.71. The highest BCUT2D eigenvalue weighted by molar-refractivity contribution is 5.77. The highest BCUT2D eigenvalue weighted by atomic mass is 16.5. The lowest BCUT2D eigenvalue weighted by Gasteiger charge is -2.26. The van der Waals surface area contributed by atoms with Crippen LogP contribution in [-0.2, 0) is 0 Å². The van der Waals surface area contributed by atoms with E-state index in [0.29, 0.717) is 5.95 Å². The predicted octanol–water partition coefficient (Wildman–Crippen LogP) is 3.83. The molecule has 1 aliphatic rings. The third kappa shape index (κ3) is 4.92. The number of anilines is 1. The largest absolute Gasteiger partial charge is 0.497 e. The van der Waals surface area contributed by atoms with Gasteiger partial charge in [0, 0.05) is 30.7 Å². The molecule has 7 nitrogen and oxygen atoms in total. The summed E-state index contributed by atoms with van der Waals surface area (Å²) in [6, 6.07) is 7.89. The Balaban J connectivity index is 1.48. The number of ether oxygens (including phenoxy) is 1. The second-order valence-corrected chi connectivity index (χ2v) is 7.30. The zero-order valence-electron chi connectivity index (χ0n) is 16.9. The van der Waals surface area contributed by atoms with Gasteiger partial charge in [0.1, 0.15) is 11.6 Å². The first-order chi connectivity index (χ1) is 14.3. The summed E-state index contributed by atoms with van der Waals surface area (Å²) in [6.45, 7) is 4.45. The molecule has 3 aromatic rings. The van der Waals surface area contributed by atoms with E-state index < -0.39 is 0 Å². The first-order valence-corrected chi connectivity index (χ1v) is 10.3. The SMILES string of the molecule is COc1ccc(-c2nc(NCCCN3CCCCC3)ncc2-c2ncc[nH]2)cc1. The Morgan fingerprint density at radius 3 is 2.66 bits per heavy atom. The number of nitrogens with one attached hydrogen (secondary N) is 2. The topological polar surface area (TPSA) is 79.0 Å². The molecule has 0 saturated carbocycles. The summed E-state index contributed by atoms with van der Waals surface area (Å²) in [5, 5.41) is 3.39. The maximum Gasteiger partial charge on any atom is 0.223 e. The molecule has 0 unspecified atom stereocenters. The Morgan fingerprint density at radius 1 is 1.10 bits per heavy atom. The van der Waals surface area contributed by atoms with E-state index in [2.05, 4.69) is 25.2 Å². The lowest BCUT2D eigenvalue weighted by Crippen LogP contribution is -2.31. The van der Waals surface area contributed by atoms with Crippen molar-refractivity contribution in [3.8, 4) is 28.4 Å². The van der Waals surface area contributed by atoms with E-state index in [4.69, 9.17) is 9.72 Å². The van der Waals surface area contributed by atoms with Gasteiger partial charge in [0.15, 0.2) is 0 Å². The van der Waals surface area contributed by atoms with E-state index in [0.717, 1.165) is 47.9 Å². The molecule has 1 saturated heterocycles. The fraction of sp³-hybridized carbons (Fsp3) is 0.409. The van der Waals surface area contributed by atoms with Crippen LogP contribution in [0.25, 0.3) is 22.6 Å². The highest BCUT2D eigenvalue weighted by Gasteiger charge is 2.14. The molecule has 0 radical (unpaired) electrons. The van der Waals surface area contributed by atoms with Crippen LogP contribution in [-0.4, -0.2) is 58.1 Å². The summed E-state index contributed by atoms with van der Waals surface area (Å²) in [5.74, 6) is 2.22. The Labute approximate surface area is 171 Å². The van der Waals surface area contributed by atoms with Crippen LogP contribution in [0, 0.1) is 0 Å². The standard InChI is InChI=1S/C22H28N6O/c1-29-18-8-6-17(7-9-18)20-19(21-23-11-12-24-21)16-26-22(27-20)25-10-5-15-28-13-3-2-4-14-28/h6-9,11-12,16H,2-5,10,13-15H2,1H3,(H,23,24)(H,25,26,27). The van der Waals surface area contributed by atoms with Crippen LogP contribution in [0.3, 0.4) is 0 Å². The van der Waals surface area contributed by atoms with E-state index in [1.807, 2.05) is 30.5 Å². The molecule has 4 rings (SSSR count). The van der Waals surface area contributed by atoms with Gasteiger partial charge in [-0.3, -0.25) is 0 Å². The molecule has 1 aromatic carbocycles. The summed E-state index contributed by atoms with van der Waals surface area (Å²) in [4.78, 5) is 19.4. The summed E-state index contributed by atoms with van der Waals surface area (Å²) in [5.41, 5.74) is 2.71. The zero-order chi connectivity index (χ0) is 19.9. The Morgan fingerprint density at radius 2 is 1.93 bits per heavy atom. The number of aromatic nitrogens is 4. The van der Waals surface area contributed by atoms with Crippen LogP contribution in [0.4, 0.5) is 5.95 Å². The molecular weight excluding hydrogens is 364 g/mol.